The average molecular weight is 204 g/mol. The van der Waals surface area contributed by atoms with Crippen LogP contribution in [-0.4, -0.2) is 19.9 Å². The molecule has 4 heteroatoms. The second kappa shape index (κ2) is 5.22. The third-order valence-electron chi connectivity index (χ3n) is 1.05. The second-order valence-corrected chi connectivity index (χ2v) is 5.47. The third kappa shape index (κ3) is 3.78. The van der Waals surface area contributed by atoms with Crippen LogP contribution in [0.25, 0.3) is 0 Å². The summed E-state index contributed by atoms with van der Waals surface area (Å²) in [6.45, 7) is 10.3. The molecular weight excluding hydrogens is 192 g/mol. The summed E-state index contributed by atoms with van der Waals surface area (Å²) in [4.78, 5) is 0. The van der Waals surface area contributed by atoms with Crippen molar-refractivity contribution in [1.29, 1.82) is 0 Å². The Balaban J connectivity index is 4.26. The van der Waals surface area contributed by atoms with Crippen molar-refractivity contribution in [1.82, 2.24) is 0 Å². The van der Waals surface area contributed by atoms with E-state index in [2.05, 4.69) is 19.7 Å². The van der Waals surface area contributed by atoms with Crippen LogP contribution in [0.1, 0.15) is 0 Å². The quantitative estimate of drug-likeness (QED) is 0.620. The minimum absolute atomic E-state index is 0.0457. The Labute approximate surface area is 78.0 Å². The highest BCUT2D eigenvalue weighted by Gasteiger charge is 2.12. The van der Waals surface area contributed by atoms with Crippen molar-refractivity contribution in [3.63, 3.8) is 0 Å². The summed E-state index contributed by atoms with van der Waals surface area (Å²) in [5, 5.41) is 0. The predicted molar refractivity (Wildman–Crippen MR) is 55.8 cm³/mol. The van der Waals surface area contributed by atoms with Crippen molar-refractivity contribution < 1.29 is 8.42 Å². The summed E-state index contributed by atoms with van der Waals surface area (Å²) in [7, 11) is -3.18. The van der Waals surface area contributed by atoms with Crippen LogP contribution in [0.4, 0.5) is 0 Å². The van der Waals surface area contributed by atoms with E-state index >= 15 is 0 Å². The molecule has 0 N–H and O–H groups in total. The molecule has 0 aromatic heterocycles. The minimum atomic E-state index is -3.18. The van der Waals surface area contributed by atoms with Crippen LogP contribution in [-0.2, 0) is 9.84 Å². The molecule has 0 fully saturated rings. The Hall–Kier alpha value is -0.480. The van der Waals surface area contributed by atoms with E-state index in [1.807, 2.05) is 0 Å². The molecule has 0 aromatic carbocycles. The zero-order chi connectivity index (χ0) is 9.61. The standard InChI is InChI=1S/C8H12O2S2/c1-4-6-11-8(3)12(9,10)7-5-2/h4-5H,1-3,6-7H2. The van der Waals surface area contributed by atoms with Crippen LogP contribution in [0.5, 0.6) is 0 Å². The Morgan fingerprint density at radius 3 is 2.33 bits per heavy atom. The molecular formula is C8H12O2S2. The number of thioether (sulfide) groups is 1. The van der Waals surface area contributed by atoms with Gasteiger partial charge in [0.25, 0.3) is 0 Å². The van der Waals surface area contributed by atoms with Gasteiger partial charge in [0.15, 0.2) is 9.84 Å². The molecule has 0 heterocycles. The van der Waals surface area contributed by atoms with Crippen molar-refractivity contribution >= 4 is 21.6 Å². The predicted octanol–water partition coefficient (Wildman–Crippen LogP) is 1.98. The van der Waals surface area contributed by atoms with E-state index in [4.69, 9.17) is 0 Å². The molecule has 0 aliphatic carbocycles. The van der Waals surface area contributed by atoms with Gasteiger partial charge in [-0.15, -0.1) is 24.9 Å². The summed E-state index contributed by atoms with van der Waals surface area (Å²) >= 11 is 1.18. The van der Waals surface area contributed by atoms with E-state index in [1.54, 1.807) is 6.08 Å². The van der Waals surface area contributed by atoms with Gasteiger partial charge in [0, 0.05) is 5.75 Å². The van der Waals surface area contributed by atoms with Gasteiger partial charge in [-0.3, -0.25) is 0 Å². The van der Waals surface area contributed by atoms with Crippen LogP contribution >= 0.6 is 11.8 Å². The topological polar surface area (TPSA) is 34.1 Å². The fourth-order valence-corrected chi connectivity index (χ4v) is 2.42. The first-order valence-corrected chi connectivity index (χ1v) is 5.94. The summed E-state index contributed by atoms with van der Waals surface area (Å²) in [6, 6.07) is 0. The first kappa shape index (κ1) is 11.5. The molecule has 0 saturated carbocycles. The highest BCUT2D eigenvalue weighted by atomic mass is 32.3. The van der Waals surface area contributed by atoms with Gasteiger partial charge in [-0.2, -0.15) is 0 Å². The van der Waals surface area contributed by atoms with Crippen LogP contribution in [0.15, 0.2) is 36.1 Å². The van der Waals surface area contributed by atoms with Crippen molar-refractivity contribution in [3.8, 4) is 0 Å². The van der Waals surface area contributed by atoms with Gasteiger partial charge >= 0.3 is 0 Å². The van der Waals surface area contributed by atoms with E-state index in [0.29, 0.717) is 5.75 Å². The number of hydrogen-bond donors (Lipinski definition) is 0. The molecule has 0 spiro atoms. The molecule has 0 unspecified atom stereocenters. The fraction of sp³-hybridized carbons (Fsp3) is 0.250. The van der Waals surface area contributed by atoms with Crippen LogP contribution in [0.2, 0.25) is 0 Å². The minimum Gasteiger partial charge on any atom is -0.223 e. The summed E-state index contributed by atoms with van der Waals surface area (Å²) in [6.07, 6.45) is 2.99. The van der Waals surface area contributed by atoms with Gasteiger partial charge in [-0.25, -0.2) is 8.42 Å². The molecule has 0 rings (SSSR count). The Bertz CT molecular complexity index is 275. The molecule has 12 heavy (non-hydrogen) atoms. The molecule has 0 atom stereocenters. The van der Waals surface area contributed by atoms with Gasteiger partial charge in [-0.1, -0.05) is 18.7 Å². The summed E-state index contributed by atoms with van der Waals surface area (Å²) < 4.78 is 22.6. The lowest BCUT2D eigenvalue weighted by atomic mass is 10.8. The second-order valence-electron chi connectivity index (χ2n) is 2.04. The maximum atomic E-state index is 11.2. The largest absolute Gasteiger partial charge is 0.223 e. The fourth-order valence-electron chi connectivity index (χ4n) is 0.490. The zero-order valence-corrected chi connectivity index (χ0v) is 8.46. The molecule has 0 amide bonds. The number of hydrogen-bond acceptors (Lipinski definition) is 3. The van der Waals surface area contributed by atoms with Gasteiger partial charge < -0.3 is 0 Å². The Morgan fingerprint density at radius 1 is 1.33 bits per heavy atom. The molecule has 0 bridgehead atoms. The maximum absolute atomic E-state index is 11.2. The van der Waals surface area contributed by atoms with Crippen LogP contribution < -0.4 is 0 Å². The normalized spacial score (nSPS) is 10.7. The first-order chi connectivity index (χ1) is 5.54. The van der Waals surface area contributed by atoms with Crippen LogP contribution in [0, 0.1) is 0 Å². The van der Waals surface area contributed by atoms with Crippen molar-refractivity contribution in [2.75, 3.05) is 11.5 Å². The van der Waals surface area contributed by atoms with Gasteiger partial charge in [0.1, 0.15) is 0 Å². The van der Waals surface area contributed by atoms with Crippen molar-refractivity contribution in [2.45, 2.75) is 0 Å². The Kier molecular flexibility index (Phi) is 5.01. The van der Waals surface area contributed by atoms with Crippen molar-refractivity contribution in [2.24, 2.45) is 0 Å². The molecule has 0 aliphatic heterocycles. The van der Waals surface area contributed by atoms with Crippen LogP contribution in [0.3, 0.4) is 0 Å². The first-order valence-electron chi connectivity index (χ1n) is 3.31. The average Bonchev–Trinajstić information content (AvgIpc) is 2.00. The third-order valence-corrected chi connectivity index (χ3v) is 4.25. The molecule has 2 nitrogen and oxygen atoms in total. The maximum Gasteiger partial charge on any atom is 0.187 e. The monoisotopic (exact) mass is 204 g/mol. The molecule has 68 valence electrons. The molecule has 0 aromatic rings. The van der Waals surface area contributed by atoms with E-state index in [-0.39, 0.29) is 9.99 Å². The van der Waals surface area contributed by atoms with E-state index in [0.717, 1.165) is 0 Å². The highest BCUT2D eigenvalue weighted by Crippen LogP contribution is 2.20. The summed E-state index contributed by atoms with van der Waals surface area (Å²) in [5.41, 5.74) is 0. The van der Waals surface area contributed by atoms with E-state index in [1.165, 1.54) is 17.8 Å². The lowest BCUT2D eigenvalue weighted by Gasteiger charge is -2.01. The smallest absolute Gasteiger partial charge is 0.187 e. The lowest BCUT2D eigenvalue weighted by molar-refractivity contribution is 0.607. The Morgan fingerprint density at radius 2 is 1.92 bits per heavy atom. The van der Waals surface area contributed by atoms with E-state index < -0.39 is 9.84 Å². The molecule has 0 saturated heterocycles. The zero-order valence-electron chi connectivity index (χ0n) is 6.82. The van der Waals surface area contributed by atoms with Crippen molar-refractivity contribution in [3.05, 3.63) is 36.1 Å². The summed E-state index contributed by atoms with van der Waals surface area (Å²) in [5.74, 6) is 0.519. The van der Waals surface area contributed by atoms with E-state index in [9.17, 15) is 8.42 Å². The number of sulfone groups is 1. The number of rotatable bonds is 6. The molecule has 0 aliphatic rings. The van der Waals surface area contributed by atoms with Gasteiger partial charge in [-0.05, 0) is 0 Å². The van der Waals surface area contributed by atoms with Gasteiger partial charge in [0.2, 0.25) is 0 Å². The highest BCUT2D eigenvalue weighted by molar-refractivity contribution is 8.18. The van der Waals surface area contributed by atoms with Gasteiger partial charge in [0.05, 0.1) is 9.99 Å². The SMILES string of the molecule is C=CCSC(=C)S(=O)(=O)CC=C. The molecule has 0 radical (unpaired) electrons. The lowest BCUT2D eigenvalue weighted by Crippen LogP contribution is -2.04.